The average Bonchev–Trinajstić information content (AvgIpc) is 3.54. The van der Waals surface area contributed by atoms with Crippen molar-refractivity contribution in [2.75, 3.05) is 21.0 Å². The van der Waals surface area contributed by atoms with Gasteiger partial charge in [0.05, 0.1) is 19.8 Å². The van der Waals surface area contributed by atoms with E-state index in [0.29, 0.717) is 34.1 Å². The van der Waals surface area contributed by atoms with E-state index >= 15 is 0 Å². The largest absolute Gasteiger partial charge is 0.497 e. The van der Waals surface area contributed by atoms with Gasteiger partial charge >= 0.3 is 6.03 Å². The van der Waals surface area contributed by atoms with Crippen LogP contribution < -0.4 is 24.3 Å². The molecule has 1 N–H and O–H groups in total. The van der Waals surface area contributed by atoms with Gasteiger partial charge in [-0.2, -0.15) is 4.98 Å². The van der Waals surface area contributed by atoms with E-state index in [4.69, 9.17) is 23.5 Å². The summed E-state index contributed by atoms with van der Waals surface area (Å²) in [5.74, 6) is 2.12. The van der Waals surface area contributed by atoms with Crippen molar-refractivity contribution in [3.63, 3.8) is 0 Å². The van der Waals surface area contributed by atoms with Gasteiger partial charge in [0.2, 0.25) is 18.5 Å². The molecule has 0 bridgehead atoms. The van der Waals surface area contributed by atoms with Gasteiger partial charge < -0.3 is 28.8 Å². The number of aromatic nitrogens is 2. The summed E-state index contributed by atoms with van der Waals surface area (Å²) in [6.45, 7) is 1.56. The highest BCUT2D eigenvalue weighted by Crippen LogP contribution is 2.38. The predicted octanol–water partition coefficient (Wildman–Crippen LogP) is 2.45. The van der Waals surface area contributed by atoms with E-state index in [9.17, 15) is 9.59 Å². The van der Waals surface area contributed by atoms with Crippen LogP contribution in [0.2, 0.25) is 0 Å². The lowest BCUT2D eigenvalue weighted by molar-refractivity contribution is -0.131. The number of carbonyl (C=O) groups excluding carboxylic acids is 2. The van der Waals surface area contributed by atoms with Gasteiger partial charge in [-0.15, -0.1) is 0 Å². The first-order valence-electron chi connectivity index (χ1n) is 10.0. The van der Waals surface area contributed by atoms with Gasteiger partial charge in [0, 0.05) is 6.07 Å². The van der Waals surface area contributed by atoms with Crippen LogP contribution in [0.1, 0.15) is 18.4 Å². The van der Waals surface area contributed by atoms with Crippen molar-refractivity contribution in [3.8, 4) is 34.4 Å². The SMILES string of the molecule is COc1ccc(-c2noc(CN3C(=O)N[C@](C)(c4ccc5c(c4)OCO5)C3=O)n2)c(OC)c1. The molecule has 2 aliphatic rings. The van der Waals surface area contributed by atoms with Crippen molar-refractivity contribution < 1.29 is 33.1 Å². The van der Waals surface area contributed by atoms with Gasteiger partial charge in [0.25, 0.3) is 5.91 Å². The number of nitrogens with one attached hydrogen (secondary N) is 1. The van der Waals surface area contributed by atoms with Crippen molar-refractivity contribution in [2.45, 2.75) is 19.0 Å². The average molecular weight is 452 g/mol. The molecular weight excluding hydrogens is 432 g/mol. The molecule has 0 spiro atoms. The normalized spacial score (nSPS) is 19.1. The number of rotatable bonds is 6. The van der Waals surface area contributed by atoms with Crippen LogP contribution in [0.15, 0.2) is 40.9 Å². The summed E-state index contributed by atoms with van der Waals surface area (Å²) in [5, 5.41) is 6.71. The summed E-state index contributed by atoms with van der Waals surface area (Å²) < 4.78 is 26.6. The number of hydrogen-bond donors (Lipinski definition) is 1. The Morgan fingerprint density at radius 3 is 2.70 bits per heavy atom. The minimum atomic E-state index is -1.28. The molecule has 3 aromatic rings. The molecule has 0 unspecified atom stereocenters. The lowest BCUT2D eigenvalue weighted by atomic mass is 9.91. The summed E-state index contributed by atoms with van der Waals surface area (Å²) in [7, 11) is 3.07. The fourth-order valence-corrected chi connectivity index (χ4v) is 3.79. The Morgan fingerprint density at radius 1 is 1.09 bits per heavy atom. The molecule has 0 radical (unpaired) electrons. The van der Waals surface area contributed by atoms with Crippen LogP contribution in [0.25, 0.3) is 11.4 Å². The minimum absolute atomic E-state index is 0.0984. The van der Waals surface area contributed by atoms with Gasteiger partial charge in [0.1, 0.15) is 23.6 Å². The molecular formula is C22H20N4O7. The van der Waals surface area contributed by atoms with E-state index in [-0.39, 0.29) is 25.1 Å². The van der Waals surface area contributed by atoms with Crippen molar-refractivity contribution in [2.24, 2.45) is 0 Å². The Morgan fingerprint density at radius 2 is 1.91 bits per heavy atom. The molecule has 33 heavy (non-hydrogen) atoms. The van der Waals surface area contributed by atoms with Crippen LogP contribution in [0, 0.1) is 0 Å². The van der Waals surface area contributed by atoms with E-state index < -0.39 is 17.5 Å². The number of amides is 3. The van der Waals surface area contributed by atoms with Gasteiger partial charge in [-0.25, -0.2) is 4.79 Å². The molecule has 1 atom stereocenters. The van der Waals surface area contributed by atoms with Crippen molar-refractivity contribution in [1.82, 2.24) is 20.4 Å². The Balaban J connectivity index is 1.38. The van der Waals surface area contributed by atoms with Gasteiger partial charge in [-0.3, -0.25) is 9.69 Å². The maximum Gasteiger partial charge on any atom is 0.325 e. The zero-order valence-corrected chi connectivity index (χ0v) is 18.1. The highest BCUT2D eigenvalue weighted by Gasteiger charge is 2.49. The molecule has 11 heteroatoms. The molecule has 2 aliphatic heterocycles. The molecule has 3 heterocycles. The third-order valence-corrected chi connectivity index (χ3v) is 5.64. The fourth-order valence-electron chi connectivity index (χ4n) is 3.79. The van der Waals surface area contributed by atoms with E-state index in [1.807, 2.05) is 0 Å². The van der Waals surface area contributed by atoms with E-state index in [1.54, 1.807) is 50.4 Å². The summed E-state index contributed by atoms with van der Waals surface area (Å²) >= 11 is 0. The van der Waals surface area contributed by atoms with Gasteiger partial charge in [-0.1, -0.05) is 11.2 Å². The summed E-state index contributed by atoms with van der Waals surface area (Å²) in [4.78, 5) is 31.3. The van der Waals surface area contributed by atoms with Crippen LogP contribution in [-0.4, -0.2) is 48.0 Å². The van der Waals surface area contributed by atoms with Gasteiger partial charge in [0.15, 0.2) is 11.5 Å². The monoisotopic (exact) mass is 452 g/mol. The Bertz CT molecular complexity index is 1260. The molecule has 0 saturated carbocycles. The van der Waals surface area contributed by atoms with Crippen LogP contribution >= 0.6 is 0 Å². The number of nitrogens with zero attached hydrogens (tertiary/aromatic N) is 3. The fraction of sp³-hybridized carbons (Fsp3) is 0.273. The maximum absolute atomic E-state index is 13.2. The summed E-state index contributed by atoms with van der Waals surface area (Å²) in [5.41, 5.74) is -0.127. The predicted molar refractivity (Wildman–Crippen MR) is 112 cm³/mol. The van der Waals surface area contributed by atoms with Crippen LogP contribution in [0.5, 0.6) is 23.0 Å². The number of carbonyl (C=O) groups is 2. The number of fused-ring (bicyclic) bond motifs is 1. The van der Waals surface area contributed by atoms with E-state index in [2.05, 4.69) is 15.5 Å². The highest BCUT2D eigenvalue weighted by molar-refractivity contribution is 6.07. The Hall–Kier alpha value is -4.28. The molecule has 1 fully saturated rings. The number of hydrogen-bond acceptors (Lipinski definition) is 9. The second kappa shape index (κ2) is 7.69. The number of benzene rings is 2. The van der Waals surface area contributed by atoms with Crippen LogP contribution in [0.4, 0.5) is 4.79 Å². The number of methoxy groups -OCH3 is 2. The van der Waals surface area contributed by atoms with Crippen LogP contribution in [-0.2, 0) is 16.9 Å². The first-order chi connectivity index (χ1) is 15.9. The molecule has 3 amide bonds. The molecule has 5 rings (SSSR count). The Labute approximate surface area is 188 Å². The van der Waals surface area contributed by atoms with E-state index in [0.717, 1.165) is 4.90 Å². The molecule has 0 aliphatic carbocycles. The standard InChI is InChI=1S/C22H20N4O7/c1-22(12-4-7-15-17(8-12)32-11-31-15)20(27)26(21(28)24-22)10-18-23-19(25-33-18)14-6-5-13(29-2)9-16(14)30-3/h4-9H,10-11H2,1-3H3,(H,24,28)/t22-/m1/s1. The lowest BCUT2D eigenvalue weighted by Crippen LogP contribution is -2.40. The molecule has 1 saturated heterocycles. The van der Waals surface area contributed by atoms with Crippen LogP contribution in [0.3, 0.4) is 0 Å². The lowest BCUT2D eigenvalue weighted by Gasteiger charge is -2.22. The molecule has 1 aromatic heterocycles. The first-order valence-corrected chi connectivity index (χ1v) is 10.0. The van der Waals surface area contributed by atoms with Crippen molar-refractivity contribution in [1.29, 1.82) is 0 Å². The molecule has 2 aromatic carbocycles. The second-order valence-electron chi connectivity index (χ2n) is 7.59. The summed E-state index contributed by atoms with van der Waals surface area (Å²) in [6, 6.07) is 9.71. The first kappa shape index (κ1) is 20.6. The number of ether oxygens (including phenoxy) is 4. The zero-order valence-electron chi connectivity index (χ0n) is 18.1. The third-order valence-electron chi connectivity index (χ3n) is 5.64. The van der Waals surface area contributed by atoms with Crippen molar-refractivity contribution >= 4 is 11.9 Å². The zero-order chi connectivity index (χ0) is 23.2. The molecule has 11 nitrogen and oxygen atoms in total. The van der Waals surface area contributed by atoms with E-state index in [1.165, 1.54) is 7.11 Å². The smallest absolute Gasteiger partial charge is 0.325 e. The number of imide groups is 1. The number of urea groups is 1. The Kier molecular flexibility index (Phi) is 4.81. The third kappa shape index (κ3) is 3.37. The van der Waals surface area contributed by atoms with Gasteiger partial charge in [-0.05, 0) is 36.8 Å². The highest BCUT2D eigenvalue weighted by atomic mass is 16.7. The second-order valence-corrected chi connectivity index (χ2v) is 7.59. The molecule has 170 valence electrons. The quantitative estimate of drug-likeness (QED) is 0.561. The maximum atomic E-state index is 13.2. The summed E-state index contributed by atoms with van der Waals surface area (Å²) in [6.07, 6.45) is 0. The topological polar surface area (TPSA) is 125 Å². The van der Waals surface area contributed by atoms with Crippen molar-refractivity contribution in [3.05, 3.63) is 47.9 Å². The minimum Gasteiger partial charge on any atom is -0.497 e.